The summed E-state index contributed by atoms with van der Waals surface area (Å²) >= 11 is 53.0. The third-order valence-corrected chi connectivity index (χ3v) is 10.7. The minimum absolute atomic E-state index is 0.250. The summed E-state index contributed by atoms with van der Waals surface area (Å²) in [6, 6.07) is 13.4. The van der Waals surface area contributed by atoms with Crippen LogP contribution in [0, 0.1) is 0 Å². The molecule has 234 valence electrons. The number of rotatable bonds is 0. The van der Waals surface area contributed by atoms with E-state index < -0.39 is 0 Å². The predicted molar refractivity (Wildman–Crippen MR) is 196 cm³/mol. The Bertz CT molecular complexity index is 2420. The molecule has 8 bridgehead atoms. The van der Waals surface area contributed by atoms with Gasteiger partial charge in [-0.05, 0) is 48.5 Å². The Labute approximate surface area is 309 Å². The number of H-pyrrole nitrogens is 2. The standard InChI is InChI=1S/C32H10Cl8N8/c33-13-1-2-14(34)22-21(13)29-43-25-9-5-17(37)18(38)6-10(9)27(41-25)45-31-23-15(35)3-4-16(36)24(23)32(48-31)46-28-12-8-20(40)19(39)7-11(12)26(42-28)44-30(22)47-29/h1-8H,(H2,41,42,43,44,45,46,47,48). The second kappa shape index (κ2) is 11.0. The zero-order chi connectivity index (χ0) is 33.2. The van der Waals surface area contributed by atoms with Crippen molar-refractivity contribution in [1.29, 1.82) is 0 Å². The highest BCUT2D eigenvalue weighted by Gasteiger charge is 2.28. The van der Waals surface area contributed by atoms with Crippen LogP contribution >= 0.6 is 92.8 Å². The van der Waals surface area contributed by atoms with E-state index in [1.165, 1.54) is 0 Å². The fourth-order valence-electron chi connectivity index (χ4n) is 5.87. The van der Waals surface area contributed by atoms with Gasteiger partial charge in [-0.3, -0.25) is 0 Å². The molecule has 16 heteroatoms. The van der Waals surface area contributed by atoms with Crippen molar-refractivity contribution >= 4 is 137 Å². The van der Waals surface area contributed by atoms with Crippen LogP contribution < -0.4 is 0 Å². The van der Waals surface area contributed by atoms with Crippen LogP contribution in [0.1, 0.15) is 0 Å². The molecule has 0 unspecified atom stereocenters. The molecule has 0 fully saturated rings. The van der Waals surface area contributed by atoms with Crippen LogP contribution in [0.15, 0.2) is 48.5 Å². The first-order chi connectivity index (χ1) is 23.0. The molecule has 0 aliphatic carbocycles. The Morgan fingerprint density at radius 3 is 0.771 bits per heavy atom. The summed E-state index contributed by atoms with van der Waals surface area (Å²) < 4.78 is 0. The molecule has 0 spiro atoms. The van der Waals surface area contributed by atoms with Gasteiger partial charge in [0.15, 0.2) is 23.3 Å². The molecule has 5 heterocycles. The largest absolute Gasteiger partial charge is 0.324 e. The highest BCUT2D eigenvalue weighted by molar-refractivity contribution is 6.44. The molecule has 2 aliphatic heterocycles. The van der Waals surface area contributed by atoms with Crippen molar-refractivity contribution in [2.24, 2.45) is 0 Å². The maximum atomic E-state index is 6.76. The maximum Gasteiger partial charge on any atom is 0.166 e. The molecule has 0 saturated heterocycles. The van der Waals surface area contributed by atoms with Gasteiger partial charge in [0.2, 0.25) is 0 Å². The monoisotopic (exact) mass is 786 g/mol. The molecule has 9 rings (SSSR count). The molecule has 4 aromatic carbocycles. The maximum absolute atomic E-state index is 6.76. The van der Waals surface area contributed by atoms with E-state index in [2.05, 4.69) is 9.97 Å². The van der Waals surface area contributed by atoms with Gasteiger partial charge in [0.1, 0.15) is 22.6 Å². The first-order valence-electron chi connectivity index (χ1n) is 13.8. The summed E-state index contributed by atoms with van der Waals surface area (Å²) in [5.74, 6) is 1.000. The molecule has 0 radical (unpaired) electrons. The highest BCUT2D eigenvalue weighted by Crippen LogP contribution is 2.46. The molecule has 2 aliphatic rings. The molecule has 48 heavy (non-hydrogen) atoms. The second-order valence-electron chi connectivity index (χ2n) is 10.8. The minimum atomic E-state index is 0.250. The van der Waals surface area contributed by atoms with Crippen LogP contribution in [-0.4, -0.2) is 39.9 Å². The Kier molecular flexibility index (Phi) is 7.04. The van der Waals surface area contributed by atoms with E-state index >= 15 is 0 Å². The summed E-state index contributed by atoms with van der Waals surface area (Å²) in [4.78, 5) is 35.8. The Hall–Kier alpha value is -3.44. The topological polar surface area (TPSA) is 109 Å². The lowest BCUT2D eigenvalue weighted by Crippen LogP contribution is -1.85. The highest BCUT2D eigenvalue weighted by atomic mass is 35.5. The van der Waals surface area contributed by atoms with Crippen LogP contribution in [0.25, 0.3) is 89.7 Å². The van der Waals surface area contributed by atoms with Gasteiger partial charge in [0.05, 0.1) is 62.4 Å². The van der Waals surface area contributed by atoms with Crippen molar-refractivity contribution in [3.8, 4) is 45.6 Å². The number of hydrogen-bond acceptors (Lipinski definition) is 6. The molecular formula is C32H10Cl8N8. The quantitative estimate of drug-likeness (QED) is 0.158. The lowest BCUT2D eigenvalue weighted by Gasteiger charge is -2.03. The normalized spacial score (nSPS) is 12.2. The van der Waals surface area contributed by atoms with Gasteiger partial charge in [-0.15, -0.1) is 0 Å². The number of hydrogen-bond donors (Lipinski definition) is 2. The predicted octanol–water partition coefficient (Wildman–Crippen LogP) is 12.1. The minimum Gasteiger partial charge on any atom is -0.324 e. The fraction of sp³-hybridized carbons (Fsp3) is 0. The first kappa shape index (κ1) is 30.6. The second-order valence-corrected chi connectivity index (χ2v) is 14.0. The summed E-state index contributed by atoms with van der Waals surface area (Å²) in [7, 11) is 0. The first-order valence-corrected chi connectivity index (χ1v) is 16.8. The van der Waals surface area contributed by atoms with Gasteiger partial charge in [0.25, 0.3) is 0 Å². The van der Waals surface area contributed by atoms with Gasteiger partial charge in [-0.1, -0.05) is 92.8 Å². The average Bonchev–Trinajstić information content (AvgIpc) is 3.77. The zero-order valence-electron chi connectivity index (χ0n) is 23.3. The van der Waals surface area contributed by atoms with E-state index in [-0.39, 0.29) is 23.3 Å². The van der Waals surface area contributed by atoms with Gasteiger partial charge in [0, 0.05) is 21.5 Å². The average molecular weight is 790 g/mol. The summed E-state index contributed by atoms with van der Waals surface area (Å²) in [5.41, 5.74) is 3.44. The summed E-state index contributed by atoms with van der Waals surface area (Å²) in [6.45, 7) is 0. The number of aromatic nitrogens is 8. The number of nitrogens with zero attached hydrogens (tertiary/aromatic N) is 6. The van der Waals surface area contributed by atoms with Gasteiger partial charge < -0.3 is 9.97 Å². The van der Waals surface area contributed by atoms with E-state index in [4.69, 9.17) is 123 Å². The molecule has 2 N–H and O–H groups in total. The SMILES string of the molecule is Clc1cc2c3nc4nc(nc5[nH]c(nc6nc(nc([nH]3)c2cc1Cl)-c1c(Cl)ccc(Cl)c1-6)c1cc(Cl)c(Cl)cc51)-c1c(Cl)ccc(Cl)c1-4. The van der Waals surface area contributed by atoms with Crippen LogP contribution in [0.2, 0.25) is 40.2 Å². The van der Waals surface area contributed by atoms with Crippen molar-refractivity contribution in [3.05, 3.63) is 88.7 Å². The van der Waals surface area contributed by atoms with Crippen LogP contribution in [0.3, 0.4) is 0 Å². The van der Waals surface area contributed by atoms with Crippen molar-refractivity contribution in [3.63, 3.8) is 0 Å². The summed E-state index contributed by atoms with van der Waals surface area (Å²) in [6.07, 6.45) is 0. The zero-order valence-corrected chi connectivity index (χ0v) is 29.4. The third kappa shape index (κ3) is 4.59. The van der Waals surface area contributed by atoms with Crippen LogP contribution in [0.4, 0.5) is 0 Å². The van der Waals surface area contributed by atoms with Crippen LogP contribution in [-0.2, 0) is 0 Å². The Morgan fingerprint density at radius 1 is 0.312 bits per heavy atom. The summed E-state index contributed by atoms with van der Waals surface area (Å²) in [5, 5.41) is 5.17. The third-order valence-electron chi connectivity index (χ3n) is 8.01. The van der Waals surface area contributed by atoms with E-state index in [1.54, 1.807) is 48.5 Å². The Balaban J connectivity index is 1.55. The molecule has 7 aromatic rings. The molecule has 0 amide bonds. The lowest BCUT2D eigenvalue weighted by molar-refractivity contribution is 1.19. The van der Waals surface area contributed by atoms with Crippen LogP contribution in [0.5, 0.6) is 0 Å². The van der Waals surface area contributed by atoms with Gasteiger partial charge >= 0.3 is 0 Å². The molecular weight excluding hydrogens is 780 g/mol. The molecule has 3 aromatic heterocycles. The van der Waals surface area contributed by atoms with Gasteiger partial charge in [-0.2, -0.15) is 0 Å². The lowest BCUT2D eigenvalue weighted by atomic mass is 10.1. The van der Waals surface area contributed by atoms with E-state index in [0.29, 0.717) is 107 Å². The fourth-order valence-corrected chi connectivity index (χ4v) is 7.50. The van der Waals surface area contributed by atoms with E-state index in [9.17, 15) is 0 Å². The van der Waals surface area contributed by atoms with E-state index in [1.807, 2.05) is 0 Å². The molecule has 0 atom stereocenters. The molecule has 8 nitrogen and oxygen atoms in total. The Morgan fingerprint density at radius 2 is 0.542 bits per heavy atom. The van der Waals surface area contributed by atoms with Crippen molar-refractivity contribution in [1.82, 2.24) is 39.9 Å². The van der Waals surface area contributed by atoms with E-state index in [0.717, 1.165) is 0 Å². The van der Waals surface area contributed by atoms with Crippen molar-refractivity contribution in [2.75, 3.05) is 0 Å². The number of benzene rings is 4. The smallest absolute Gasteiger partial charge is 0.166 e. The number of nitrogens with one attached hydrogen (secondary N) is 2. The van der Waals surface area contributed by atoms with Crippen molar-refractivity contribution < 1.29 is 0 Å². The number of fused-ring (bicyclic) bond motifs is 20. The number of halogens is 8. The number of aromatic amines is 2. The van der Waals surface area contributed by atoms with Gasteiger partial charge in [-0.25, -0.2) is 29.9 Å². The molecule has 0 saturated carbocycles. The van der Waals surface area contributed by atoms with Crippen molar-refractivity contribution in [2.45, 2.75) is 0 Å².